The first-order valence-electron chi connectivity index (χ1n) is 2.36. The van der Waals surface area contributed by atoms with Crippen molar-refractivity contribution in [2.24, 2.45) is 0 Å². The molecule has 6 heteroatoms. The molecule has 1 rings (SSSR count). The van der Waals surface area contributed by atoms with Crippen LogP contribution in [0.1, 0.15) is 15.7 Å². The van der Waals surface area contributed by atoms with Crippen molar-refractivity contribution in [1.29, 1.82) is 0 Å². The molecule has 1 saturated heterocycles. The van der Waals surface area contributed by atoms with Crippen molar-refractivity contribution in [2.45, 2.75) is 12.8 Å². The monoisotopic (exact) mass is 174 g/mol. The van der Waals surface area contributed by atoms with Crippen LogP contribution in [0, 0.1) is 0 Å². The molecule has 54 valence electrons. The number of rotatable bonds is 0. The minimum Gasteiger partial charge on any atom is -1.00 e. The third-order valence-electron chi connectivity index (χ3n) is 0.787. The number of hydrogen-bond acceptors (Lipinski definition) is 5. The van der Waals surface area contributed by atoms with Gasteiger partial charge < -0.3 is 2.85 Å². The second kappa shape index (κ2) is 4.90. The molecule has 0 atom stereocenters. The van der Waals surface area contributed by atoms with Crippen LogP contribution < -0.4 is 0 Å². The summed E-state index contributed by atoms with van der Waals surface area (Å²) in [7, 11) is 0. The Morgan fingerprint density at radius 3 is 1.90 bits per heavy atom. The zero-order valence-corrected chi connectivity index (χ0v) is 7.37. The third kappa shape index (κ3) is 3.36. The summed E-state index contributed by atoms with van der Waals surface area (Å²) in [6.45, 7) is 0. The van der Waals surface area contributed by atoms with E-state index in [0.29, 0.717) is 0 Å². The summed E-state index contributed by atoms with van der Waals surface area (Å²) in [5.74, 6) is -1.19. The second-order valence-corrected chi connectivity index (χ2v) is 1.48. The van der Waals surface area contributed by atoms with Crippen LogP contribution in [0.4, 0.5) is 0 Å². The Kier molecular flexibility index (Phi) is 4.98. The maximum atomic E-state index is 10.2. The summed E-state index contributed by atoms with van der Waals surface area (Å²) in [5, 5.41) is 3.72. The molecule has 0 amide bonds. The second-order valence-electron chi connectivity index (χ2n) is 1.48. The first kappa shape index (κ1) is 10.2. The van der Waals surface area contributed by atoms with Crippen LogP contribution in [-0.4, -0.2) is 49.7 Å². The molecule has 0 unspecified atom stereocenters. The van der Waals surface area contributed by atoms with Gasteiger partial charge in [-0.05, 0) is 0 Å². The van der Waals surface area contributed by atoms with Crippen molar-refractivity contribution < 1.29 is 27.3 Å². The zero-order chi connectivity index (χ0) is 6.69. The van der Waals surface area contributed by atoms with E-state index in [1.165, 1.54) is 0 Å². The van der Waals surface area contributed by atoms with E-state index < -0.39 is 11.9 Å². The molecule has 10 heavy (non-hydrogen) atoms. The molecular formula is C4H6CaO5. The van der Waals surface area contributed by atoms with Crippen LogP contribution in [0.25, 0.3) is 0 Å². The van der Waals surface area contributed by atoms with Gasteiger partial charge in [0.05, 0.1) is 12.8 Å². The van der Waals surface area contributed by atoms with Crippen molar-refractivity contribution >= 4 is 49.7 Å². The number of hydrogen-bond donors (Lipinski definition) is 0. The smallest absolute Gasteiger partial charge is 1.00 e. The number of carbonyl (C=O) groups excluding carboxylic acids is 2. The van der Waals surface area contributed by atoms with E-state index in [1.54, 1.807) is 0 Å². The maximum absolute atomic E-state index is 10.2. The van der Waals surface area contributed by atoms with Crippen molar-refractivity contribution in [1.82, 2.24) is 0 Å². The van der Waals surface area contributed by atoms with Gasteiger partial charge in [0.1, 0.15) is 0 Å². The predicted octanol–water partition coefficient (Wildman–Crippen LogP) is -0.443. The van der Waals surface area contributed by atoms with Crippen molar-refractivity contribution in [3.63, 3.8) is 0 Å². The average Bonchev–Trinajstić information content (AvgIpc) is 1.97. The standard InChI is InChI=1S/C4H4O5.Ca.2H/c5-3-1-2-4(6)8-9-7-3;;;/h1-2H2;;;/q;+2;2*-1. The first-order valence-corrected chi connectivity index (χ1v) is 2.36. The maximum Gasteiger partial charge on any atom is 2.00 e. The zero-order valence-electron chi connectivity index (χ0n) is 7.16. The van der Waals surface area contributed by atoms with Crippen LogP contribution >= 0.6 is 0 Å². The quantitative estimate of drug-likeness (QED) is 0.368. The topological polar surface area (TPSA) is 61.8 Å². The molecule has 0 aromatic rings. The Bertz CT molecular complexity index is 136. The normalized spacial score (nSPS) is 18.0. The van der Waals surface area contributed by atoms with E-state index in [2.05, 4.69) is 14.8 Å². The Morgan fingerprint density at radius 1 is 1.10 bits per heavy atom. The van der Waals surface area contributed by atoms with Crippen molar-refractivity contribution in [3.05, 3.63) is 0 Å². The predicted molar refractivity (Wildman–Crippen MR) is 30.5 cm³/mol. The molecule has 0 N–H and O–H groups in total. The molecule has 1 aliphatic rings. The molecule has 0 bridgehead atoms. The molecule has 5 nitrogen and oxygen atoms in total. The van der Waals surface area contributed by atoms with Crippen LogP contribution in [0.2, 0.25) is 0 Å². The van der Waals surface area contributed by atoms with Gasteiger partial charge in [0.2, 0.25) is 0 Å². The van der Waals surface area contributed by atoms with Gasteiger partial charge in [-0.15, -0.1) is 0 Å². The fourth-order valence-electron chi connectivity index (χ4n) is 0.380. The fourth-order valence-corrected chi connectivity index (χ4v) is 0.380. The molecule has 1 aliphatic heterocycles. The number of carbonyl (C=O) groups is 2. The Balaban J connectivity index is -0.000000270. The molecule has 0 radical (unpaired) electrons. The molecule has 0 saturated carbocycles. The van der Waals surface area contributed by atoms with Gasteiger partial charge in [0, 0.05) is 5.04 Å². The Morgan fingerprint density at radius 2 is 1.50 bits per heavy atom. The SMILES string of the molecule is O=C1CCC(=O)OOO1.[Ca+2].[H-].[H-]. The Labute approximate surface area is 89.4 Å². The van der Waals surface area contributed by atoms with Crippen molar-refractivity contribution in [3.8, 4) is 0 Å². The summed E-state index contributed by atoms with van der Waals surface area (Å²) in [6.07, 6.45) is 0.0255. The summed E-state index contributed by atoms with van der Waals surface area (Å²) in [4.78, 5) is 28.3. The largest absolute Gasteiger partial charge is 2.00 e. The summed E-state index contributed by atoms with van der Waals surface area (Å²) in [5.41, 5.74) is 0. The average molecular weight is 174 g/mol. The van der Waals surface area contributed by atoms with Gasteiger partial charge in [-0.25, -0.2) is 9.59 Å². The summed E-state index contributed by atoms with van der Waals surface area (Å²) in [6, 6.07) is 0. The molecule has 0 spiro atoms. The minimum absolute atomic E-state index is 0. The van der Waals surface area contributed by atoms with Gasteiger partial charge in [0.15, 0.2) is 0 Å². The molecular weight excluding hydrogens is 168 g/mol. The van der Waals surface area contributed by atoms with Crippen molar-refractivity contribution in [2.75, 3.05) is 0 Å². The van der Waals surface area contributed by atoms with Crippen LogP contribution in [0.3, 0.4) is 0 Å². The molecule has 1 heterocycles. The van der Waals surface area contributed by atoms with Gasteiger partial charge in [-0.2, -0.15) is 0 Å². The van der Waals surface area contributed by atoms with Crippen LogP contribution in [-0.2, 0) is 24.4 Å². The van der Waals surface area contributed by atoms with Gasteiger partial charge in [-0.3, -0.25) is 9.78 Å². The van der Waals surface area contributed by atoms with E-state index in [0.717, 1.165) is 0 Å². The van der Waals surface area contributed by atoms with Gasteiger partial charge >= 0.3 is 49.7 Å². The van der Waals surface area contributed by atoms with E-state index in [4.69, 9.17) is 0 Å². The van der Waals surface area contributed by atoms with Gasteiger partial charge in [0.25, 0.3) is 0 Å². The van der Waals surface area contributed by atoms with E-state index in [-0.39, 0.29) is 53.4 Å². The van der Waals surface area contributed by atoms with Crippen LogP contribution in [0.5, 0.6) is 0 Å². The molecule has 0 aromatic carbocycles. The summed E-state index contributed by atoms with van der Waals surface area (Å²) >= 11 is 0. The first-order chi connectivity index (χ1) is 4.29. The molecule has 0 aromatic heterocycles. The van der Waals surface area contributed by atoms with Gasteiger partial charge in [-0.1, -0.05) is 0 Å². The Hall–Kier alpha value is 0.160. The van der Waals surface area contributed by atoms with E-state index in [1.807, 2.05) is 0 Å². The van der Waals surface area contributed by atoms with Crippen LogP contribution in [0.15, 0.2) is 0 Å². The molecule has 0 aliphatic carbocycles. The van der Waals surface area contributed by atoms with E-state index in [9.17, 15) is 9.59 Å². The minimum atomic E-state index is -0.596. The molecule has 1 fully saturated rings. The summed E-state index contributed by atoms with van der Waals surface area (Å²) < 4.78 is 0. The van der Waals surface area contributed by atoms with E-state index >= 15 is 0 Å². The fraction of sp³-hybridized carbons (Fsp3) is 0.500. The third-order valence-corrected chi connectivity index (χ3v) is 0.787.